The number of nitrogens with one attached hydrogen (secondary N) is 2. The molecule has 60 heavy (non-hydrogen) atoms. The van der Waals surface area contributed by atoms with E-state index in [0.29, 0.717) is 5.75 Å². The number of imidazole rings is 1. The molecule has 24 nitrogen and oxygen atoms in total. The highest BCUT2D eigenvalue weighted by molar-refractivity contribution is 8.07. The Morgan fingerprint density at radius 2 is 1.73 bits per heavy atom. The lowest BCUT2D eigenvalue weighted by molar-refractivity contribution is -0.136. The Hall–Kier alpha value is -5.25. The fraction of sp³-hybridized carbons (Fsp3) is 0.471. The molecule has 4 aromatic rings. The smallest absolute Gasteiger partial charge is 0.330 e. The maximum Gasteiger partial charge on any atom is 0.330 e. The zero-order valence-corrected chi connectivity index (χ0v) is 32.9. The van der Waals surface area contributed by atoms with Crippen LogP contribution in [0.1, 0.15) is 25.3 Å². The molecular weight excluding hydrogens is 837 g/mol. The van der Waals surface area contributed by atoms with Gasteiger partial charge in [0.25, 0.3) is 11.5 Å². The van der Waals surface area contributed by atoms with Gasteiger partial charge in [-0.1, -0.05) is 18.2 Å². The lowest BCUT2D eigenvalue weighted by atomic mass is 10.1. The summed E-state index contributed by atoms with van der Waals surface area (Å²) in [6.45, 7) is -6.72. The number of aromatic amines is 1. The lowest BCUT2D eigenvalue weighted by Crippen LogP contribution is -2.38. The number of nitriles is 2. The van der Waals surface area contributed by atoms with E-state index in [1.54, 1.807) is 30.3 Å². The number of carbonyl (C=O) groups is 1. The van der Waals surface area contributed by atoms with E-state index in [1.807, 2.05) is 17.1 Å². The molecule has 1 aromatic carbocycles. The molecule has 0 spiro atoms. The Morgan fingerprint density at radius 3 is 2.47 bits per heavy atom. The monoisotopic (exact) mass is 875 g/mol. The third-order valence-electron chi connectivity index (χ3n) is 8.77. The van der Waals surface area contributed by atoms with Gasteiger partial charge in [-0.05, 0) is 23.9 Å². The normalized spacial score (nSPS) is 24.7. The zero-order chi connectivity index (χ0) is 42.8. The van der Waals surface area contributed by atoms with E-state index in [-0.39, 0.29) is 49.0 Å². The van der Waals surface area contributed by atoms with Gasteiger partial charge in [0.2, 0.25) is 11.8 Å². The van der Waals surface area contributed by atoms with Crippen molar-refractivity contribution < 1.29 is 62.5 Å². The molecule has 0 aliphatic carbocycles. The maximum absolute atomic E-state index is 12.9. The predicted octanol–water partition coefficient (Wildman–Crippen LogP) is -0.913. The quantitative estimate of drug-likeness (QED) is 0.0355. The number of hydrogen-bond donors (Lipinski definition) is 6. The number of carbonyl (C=O) groups excluding carboxylic acids is 1. The molecule has 0 saturated carbocycles. The van der Waals surface area contributed by atoms with Gasteiger partial charge in [0.1, 0.15) is 55.8 Å². The standard InChI is InChI=1S/C34H38N9O15PS/c35-9-4-12-51-18-54-28-27(58-59(50,60)55-15-21-25(47)26(48)31(57-21)42-11-8-22(45)39-34(42)49)20(14-44)56-32(28)43-17-37-24-29(43)40-33(41-30(24)52-13-5-10-36)38-23(46)16-53-19-6-2-1-3-7-19/h1-3,6-8,11,17,20-21,25-28,31-32,44,47-48H,4-5,12-16,18H2,(H,50,60)(H,39,45,49)(H,38,40,41,46)/t20-,21-,25-,26-,27-,28-,31-,32-,59?/m1/s1. The van der Waals surface area contributed by atoms with E-state index in [2.05, 4.69) is 20.3 Å². The molecule has 5 heterocycles. The van der Waals surface area contributed by atoms with Crippen molar-refractivity contribution in [2.45, 2.75) is 61.9 Å². The first kappa shape index (κ1) is 44.3. The van der Waals surface area contributed by atoms with Crippen LogP contribution in [0.5, 0.6) is 11.6 Å². The molecule has 26 heteroatoms. The minimum atomic E-state index is -4.38. The number of hydrogen-bond acceptors (Lipinski definition) is 20. The van der Waals surface area contributed by atoms with Crippen LogP contribution >= 0.6 is 6.72 Å². The van der Waals surface area contributed by atoms with Gasteiger partial charge in [0, 0.05) is 12.3 Å². The highest BCUT2D eigenvalue weighted by atomic mass is 32.5. The van der Waals surface area contributed by atoms with Crippen molar-refractivity contribution in [1.82, 2.24) is 29.1 Å². The fourth-order valence-electron chi connectivity index (χ4n) is 6.02. The van der Waals surface area contributed by atoms with E-state index < -0.39 is 99.6 Å². The second-order valence-corrected chi connectivity index (χ2v) is 15.6. The summed E-state index contributed by atoms with van der Waals surface area (Å²) in [5.74, 6) is -0.541. The van der Waals surface area contributed by atoms with Crippen molar-refractivity contribution in [2.24, 2.45) is 0 Å². The number of anilines is 1. The first-order chi connectivity index (χ1) is 28.9. The van der Waals surface area contributed by atoms with Crippen LogP contribution in [0.25, 0.3) is 11.2 Å². The summed E-state index contributed by atoms with van der Waals surface area (Å²) < 4.78 is 48.1. The van der Waals surface area contributed by atoms with Gasteiger partial charge < -0.3 is 53.2 Å². The van der Waals surface area contributed by atoms with Crippen molar-refractivity contribution in [1.29, 1.82) is 10.5 Å². The van der Waals surface area contributed by atoms with Crippen LogP contribution in [0.15, 0.2) is 58.5 Å². The number of nitrogens with zero attached hydrogens (tertiary/aromatic N) is 7. The summed E-state index contributed by atoms with van der Waals surface area (Å²) in [6, 6.07) is 13.5. The topological polar surface area (TPSA) is 330 Å². The second kappa shape index (κ2) is 20.3. The van der Waals surface area contributed by atoms with Crippen molar-refractivity contribution in [3.63, 3.8) is 0 Å². The van der Waals surface area contributed by atoms with E-state index in [1.165, 1.54) is 10.9 Å². The number of aliphatic hydroxyl groups is 3. The molecule has 6 N–H and O–H groups in total. The SMILES string of the molecule is N#CCCOCO[C@@H]1[C@H](OP(O)(=S)OC[C@H]2O[C@@H](n3ccc(=O)[nH]c3=O)[C@H](O)[C@@H]2O)[C@@H](CO)O[C@H]1n1cnc2c(OCCC#N)nc(NC(=O)COc3ccccc3)nc21. The van der Waals surface area contributed by atoms with Gasteiger partial charge in [-0.15, -0.1) is 0 Å². The molecule has 1 amide bonds. The number of fused-ring (bicyclic) bond motifs is 1. The summed E-state index contributed by atoms with van der Waals surface area (Å²) in [7, 11) is 0. The summed E-state index contributed by atoms with van der Waals surface area (Å²) in [4.78, 5) is 63.1. The summed E-state index contributed by atoms with van der Waals surface area (Å²) in [6.07, 6.45) is -9.03. The predicted molar refractivity (Wildman–Crippen MR) is 203 cm³/mol. The van der Waals surface area contributed by atoms with Gasteiger partial charge in [0.05, 0.1) is 51.1 Å². The molecule has 2 saturated heterocycles. The first-order valence-electron chi connectivity index (χ1n) is 18.0. The Labute approximate surface area is 343 Å². The van der Waals surface area contributed by atoms with Crippen LogP contribution < -0.4 is 26.0 Å². The van der Waals surface area contributed by atoms with E-state index in [9.17, 15) is 34.6 Å². The van der Waals surface area contributed by atoms with Crippen LogP contribution in [0.4, 0.5) is 5.95 Å². The number of ether oxygens (including phenoxy) is 6. The van der Waals surface area contributed by atoms with Gasteiger partial charge >= 0.3 is 12.4 Å². The number of amides is 1. The number of para-hydroxylation sites is 1. The number of aliphatic hydroxyl groups excluding tert-OH is 3. The molecule has 0 bridgehead atoms. The van der Waals surface area contributed by atoms with Crippen LogP contribution in [0, 0.1) is 22.7 Å². The van der Waals surface area contributed by atoms with Gasteiger partial charge in [-0.2, -0.15) is 20.5 Å². The minimum Gasteiger partial charge on any atom is -0.484 e. The van der Waals surface area contributed by atoms with Gasteiger partial charge in [0.15, 0.2) is 30.2 Å². The lowest BCUT2D eigenvalue weighted by Gasteiger charge is -2.28. The minimum absolute atomic E-state index is 0.0132. The number of benzene rings is 1. The molecule has 6 rings (SSSR count). The highest BCUT2D eigenvalue weighted by Crippen LogP contribution is 2.50. The van der Waals surface area contributed by atoms with E-state index >= 15 is 0 Å². The van der Waals surface area contributed by atoms with E-state index in [4.69, 9.17) is 59.8 Å². The summed E-state index contributed by atoms with van der Waals surface area (Å²) >= 11 is 5.30. The highest BCUT2D eigenvalue weighted by Gasteiger charge is 2.51. The summed E-state index contributed by atoms with van der Waals surface area (Å²) in [5.41, 5.74) is -1.53. The molecule has 2 aliphatic heterocycles. The van der Waals surface area contributed by atoms with Crippen molar-refractivity contribution in [2.75, 3.05) is 45.1 Å². The molecule has 320 valence electrons. The Balaban J connectivity index is 1.24. The second-order valence-electron chi connectivity index (χ2n) is 12.8. The molecule has 1 unspecified atom stereocenters. The average Bonchev–Trinajstić information content (AvgIpc) is 3.89. The molecule has 2 aliphatic rings. The average molecular weight is 876 g/mol. The van der Waals surface area contributed by atoms with Crippen molar-refractivity contribution >= 4 is 41.5 Å². The van der Waals surface area contributed by atoms with Gasteiger partial charge in [-0.3, -0.25) is 33.5 Å². The molecule has 0 radical (unpaired) electrons. The Morgan fingerprint density at radius 1 is 0.983 bits per heavy atom. The van der Waals surface area contributed by atoms with Crippen LogP contribution in [-0.2, 0) is 44.6 Å². The van der Waals surface area contributed by atoms with Crippen LogP contribution in [0.2, 0.25) is 0 Å². The van der Waals surface area contributed by atoms with Crippen LogP contribution in [0.3, 0.4) is 0 Å². The third kappa shape index (κ3) is 10.7. The number of aromatic nitrogens is 6. The third-order valence-corrected chi connectivity index (χ3v) is 10.3. The Kier molecular flexibility index (Phi) is 15.0. The molecule has 3 aromatic heterocycles. The maximum atomic E-state index is 12.9. The van der Waals surface area contributed by atoms with E-state index in [0.717, 1.165) is 16.8 Å². The largest absolute Gasteiger partial charge is 0.484 e. The summed E-state index contributed by atoms with van der Waals surface area (Å²) in [5, 5.41) is 52.3. The zero-order valence-electron chi connectivity index (χ0n) is 31.2. The molecule has 9 atom stereocenters. The van der Waals surface area contributed by atoms with Gasteiger partial charge in [-0.25, -0.2) is 9.78 Å². The number of rotatable bonds is 20. The van der Waals surface area contributed by atoms with Crippen molar-refractivity contribution in [3.8, 4) is 23.8 Å². The number of H-pyrrole nitrogens is 1. The van der Waals surface area contributed by atoms with Crippen molar-refractivity contribution in [3.05, 3.63) is 69.8 Å². The Bertz CT molecular complexity index is 2360. The fourth-order valence-corrected chi connectivity index (χ4v) is 7.46. The first-order valence-corrected chi connectivity index (χ1v) is 20.6. The molecular formula is C34H38N9O15PS. The van der Waals surface area contributed by atoms with Crippen LogP contribution in [-0.4, -0.2) is 132 Å². The molecule has 2 fully saturated rings.